The molecule has 0 spiro atoms. The number of benzene rings is 2. The van der Waals surface area contributed by atoms with Crippen LogP contribution in [-0.2, 0) is 6.61 Å². The van der Waals surface area contributed by atoms with Crippen LogP contribution in [0.2, 0.25) is 5.02 Å². The van der Waals surface area contributed by atoms with Gasteiger partial charge in [0.15, 0.2) is 12.4 Å². The number of methoxy groups -OCH3 is 1. The molecule has 3 rings (SSSR count). The molecule has 0 fully saturated rings. The highest BCUT2D eigenvalue weighted by Gasteiger charge is 2.15. The second-order valence-electron chi connectivity index (χ2n) is 5.30. The molecule has 0 unspecified atom stereocenters. The van der Waals surface area contributed by atoms with E-state index < -0.39 is 0 Å². The summed E-state index contributed by atoms with van der Waals surface area (Å²) in [6.45, 7) is 0.0871. The highest BCUT2D eigenvalue weighted by molar-refractivity contribution is 7.99. The summed E-state index contributed by atoms with van der Waals surface area (Å²) in [4.78, 5) is 12.2. The van der Waals surface area contributed by atoms with Gasteiger partial charge < -0.3 is 19.0 Å². The fourth-order valence-electron chi connectivity index (χ4n) is 2.13. The van der Waals surface area contributed by atoms with Gasteiger partial charge in [-0.3, -0.25) is 4.79 Å². The molecule has 140 valence electrons. The van der Waals surface area contributed by atoms with Crippen LogP contribution in [0.3, 0.4) is 0 Å². The lowest BCUT2D eigenvalue weighted by atomic mass is 10.1. The van der Waals surface area contributed by atoms with Gasteiger partial charge in [0.1, 0.15) is 17.2 Å². The molecule has 0 radical (unpaired) electrons. The van der Waals surface area contributed by atoms with E-state index in [2.05, 4.69) is 10.2 Å². The summed E-state index contributed by atoms with van der Waals surface area (Å²) >= 11 is 6.92. The van der Waals surface area contributed by atoms with Crippen LogP contribution in [0.4, 0.5) is 0 Å². The molecule has 1 heterocycles. The van der Waals surface area contributed by atoms with Crippen molar-refractivity contribution in [1.82, 2.24) is 10.2 Å². The van der Waals surface area contributed by atoms with E-state index in [0.717, 1.165) is 11.8 Å². The van der Waals surface area contributed by atoms with E-state index in [1.807, 2.05) is 6.07 Å². The Morgan fingerprint density at radius 1 is 1.22 bits per heavy atom. The van der Waals surface area contributed by atoms with Crippen LogP contribution in [0.1, 0.15) is 16.2 Å². The van der Waals surface area contributed by atoms with Crippen molar-refractivity contribution in [2.75, 3.05) is 12.9 Å². The molecule has 0 bridgehead atoms. The van der Waals surface area contributed by atoms with E-state index in [9.17, 15) is 9.90 Å². The van der Waals surface area contributed by atoms with Gasteiger partial charge in [0.05, 0.1) is 18.4 Å². The zero-order valence-electron chi connectivity index (χ0n) is 14.2. The first-order valence-corrected chi connectivity index (χ1v) is 9.15. The summed E-state index contributed by atoms with van der Waals surface area (Å²) in [5.41, 5.74) is 0.149. The van der Waals surface area contributed by atoms with Gasteiger partial charge in [-0.05, 0) is 30.3 Å². The third kappa shape index (κ3) is 5.15. The van der Waals surface area contributed by atoms with Crippen LogP contribution < -0.4 is 9.47 Å². The Bertz CT molecular complexity index is 947. The first kappa shape index (κ1) is 19.1. The predicted molar refractivity (Wildman–Crippen MR) is 99.8 cm³/mol. The van der Waals surface area contributed by atoms with Crippen LogP contribution in [-0.4, -0.2) is 33.9 Å². The second kappa shape index (κ2) is 8.79. The minimum Gasteiger partial charge on any atom is -0.507 e. The number of aromatic hydroxyl groups is 1. The first-order valence-electron chi connectivity index (χ1n) is 7.79. The molecule has 1 N–H and O–H groups in total. The van der Waals surface area contributed by atoms with Crippen molar-refractivity contribution in [3.05, 3.63) is 58.9 Å². The highest BCUT2D eigenvalue weighted by Crippen LogP contribution is 2.25. The molecule has 1 aromatic heterocycles. The lowest BCUT2D eigenvalue weighted by Crippen LogP contribution is -2.02. The fourth-order valence-corrected chi connectivity index (χ4v) is 2.96. The molecule has 0 saturated carbocycles. The third-order valence-corrected chi connectivity index (χ3v) is 4.49. The lowest BCUT2D eigenvalue weighted by molar-refractivity contribution is 0.101. The number of ether oxygens (including phenoxy) is 2. The summed E-state index contributed by atoms with van der Waals surface area (Å²) in [5.74, 6) is 1.16. The Hall–Kier alpha value is -2.71. The topological polar surface area (TPSA) is 94.7 Å². The van der Waals surface area contributed by atoms with E-state index in [1.54, 1.807) is 25.3 Å². The molecule has 0 atom stereocenters. The van der Waals surface area contributed by atoms with Gasteiger partial charge >= 0.3 is 0 Å². The zero-order chi connectivity index (χ0) is 19.2. The Kier molecular flexibility index (Phi) is 6.20. The Morgan fingerprint density at radius 3 is 2.85 bits per heavy atom. The number of nitrogens with zero attached hydrogens (tertiary/aromatic N) is 2. The number of thioether (sulfide) groups is 1. The molecular formula is C18H15ClN2O5S. The maximum absolute atomic E-state index is 12.2. The number of rotatable bonds is 8. The van der Waals surface area contributed by atoms with Crippen molar-refractivity contribution >= 4 is 29.1 Å². The molecule has 0 aliphatic carbocycles. The molecule has 2 aromatic carbocycles. The van der Waals surface area contributed by atoms with Gasteiger partial charge in [-0.1, -0.05) is 29.4 Å². The average molecular weight is 407 g/mol. The first-order chi connectivity index (χ1) is 13.0. The van der Waals surface area contributed by atoms with E-state index in [1.165, 1.54) is 18.2 Å². The second-order valence-corrected chi connectivity index (χ2v) is 6.67. The zero-order valence-corrected chi connectivity index (χ0v) is 15.8. The number of Topliss-reactive ketones (excluding diaryl/α,β-unsaturated/α-hetero) is 1. The maximum atomic E-state index is 12.2. The van der Waals surface area contributed by atoms with Gasteiger partial charge in [0, 0.05) is 11.1 Å². The standard InChI is InChI=1S/C18H15ClN2O5S/c1-24-12-3-2-4-13(8-12)25-9-17-20-21-18(26-17)27-10-16(23)14-7-11(19)5-6-15(14)22/h2-8,22H,9-10H2,1H3. The summed E-state index contributed by atoms with van der Waals surface area (Å²) in [6, 6.07) is 11.4. The molecule has 0 saturated heterocycles. The Labute approximate surface area is 164 Å². The summed E-state index contributed by atoms with van der Waals surface area (Å²) in [6.07, 6.45) is 0. The van der Waals surface area contributed by atoms with Crippen LogP contribution in [0, 0.1) is 0 Å². The number of carbonyl (C=O) groups excluding carboxylic acids is 1. The number of halogens is 1. The number of hydrogen-bond donors (Lipinski definition) is 1. The van der Waals surface area contributed by atoms with E-state index in [0.29, 0.717) is 16.5 Å². The number of aromatic nitrogens is 2. The molecule has 0 aliphatic heterocycles. The van der Waals surface area contributed by atoms with Crippen molar-refractivity contribution in [3.8, 4) is 17.2 Å². The van der Waals surface area contributed by atoms with Crippen LogP contribution >= 0.6 is 23.4 Å². The molecule has 0 aliphatic rings. The normalized spacial score (nSPS) is 10.6. The Morgan fingerprint density at radius 2 is 2.04 bits per heavy atom. The minimum atomic E-state index is -0.299. The number of phenols is 1. The van der Waals surface area contributed by atoms with E-state index >= 15 is 0 Å². The summed E-state index contributed by atoms with van der Waals surface area (Å²) in [5, 5.41) is 18.1. The molecule has 27 heavy (non-hydrogen) atoms. The van der Waals surface area contributed by atoms with Crippen molar-refractivity contribution in [2.24, 2.45) is 0 Å². The van der Waals surface area contributed by atoms with Crippen molar-refractivity contribution in [3.63, 3.8) is 0 Å². The minimum absolute atomic E-state index is 0.0201. The van der Waals surface area contributed by atoms with Crippen molar-refractivity contribution in [2.45, 2.75) is 11.8 Å². The van der Waals surface area contributed by atoms with E-state index in [-0.39, 0.29) is 40.6 Å². The average Bonchev–Trinajstić information content (AvgIpc) is 3.14. The van der Waals surface area contributed by atoms with Crippen molar-refractivity contribution < 1.29 is 23.8 Å². The van der Waals surface area contributed by atoms with Gasteiger partial charge in [0.25, 0.3) is 11.1 Å². The van der Waals surface area contributed by atoms with Gasteiger partial charge in [-0.2, -0.15) is 0 Å². The molecule has 0 amide bonds. The number of phenolic OH excluding ortho intramolecular Hbond substituents is 1. The largest absolute Gasteiger partial charge is 0.507 e. The monoisotopic (exact) mass is 406 g/mol. The lowest BCUT2D eigenvalue weighted by Gasteiger charge is -2.05. The molecule has 7 nitrogen and oxygen atoms in total. The number of ketones is 1. The van der Waals surface area contributed by atoms with E-state index in [4.69, 9.17) is 25.5 Å². The van der Waals surface area contributed by atoms with Gasteiger partial charge in [0.2, 0.25) is 0 Å². The maximum Gasteiger partial charge on any atom is 0.277 e. The highest BCUT2D eigenvalue weighted by atomic mass is 35.5. The molecular weight excluding hydrogens is 392 g/mol. The Balaban J connectivity index is 1.54. The smallest absolute Gasteiger partial charge is 0.277 e. The van der Waals surface area contributed by atoms with Gasteiger partial charge in [-0.25, -0.2) is 0 Å². The quantitative estimate of drug-likeness (QED) is 0.443. The third-order valence-electron chi connectivity index (χ3n) is 3.44. The van der Waals surface area contributed by atoms with Crippen LogP contribution in [0.15, 0.2) is 52.1 Å². The summed E-state index contributed by atoms with van der Waals surface area (Å²) < 4.78 is 16.1. The fraction of sp³-hybridized carbons (Fsp3) is 0.167. The van der Waals surface area contributed by atoms with Crippen LogP contribution in [0.25, 0.3) is 0 Å². The SMILES string of the molecule is COc1cccc(OCc2nnc(SCC(=O)c3cc(Cl)ccc3O)o2)c1. The van der Waals surface area contributed by atoms with Gasteiger partial charge in [-0.15, -0.1) is 10.2 Å². The van der Waals surface area contributed by atoms with Crippen LogP contribution in [0.5, 0.6) is 17.2 Å². The number of carbonyl (C=O) groups is 1. The number of hydrogen-bond acceptors (Lipinski definition) is 8. The predicted octanol–water partition coefficient (Wildman–Crippen LogP) is 3.99. The summed E-state index contributed by atoms with van der Waals surface area (Å²) in [7, 11) is 1.57. The van der Waals surface area contributed by atoms with Crippen molar-refractivity contribution in [1.29, 1.82) is 0 Å². The molecule has 3 aromatic rings. The molecule has 9 heteroatoms.